The van der Waals surface area contributed by atoms with Gasteiger partial charge < -0.3 is 9.47 Å². The highest BCUT2D eigenvalue weighted by molar-refractivity contribution is 7.15. The maximum Gasteiger partial charge on any atom is 0.311 e. The first-order chi connectivity index (χ1) is 14.5. The fourth-order valence-corrected chi connectivity index (χ4v) is 3.33. The van der Waals surface area contributed by atoms with Crippen molar-refractivity contribution in [2.75, 3.05) is 18.5 Å². The molecule has 0 fully saturated rings. The number of rotatable bonds is 9. The molecule has 0 saturated heterocycles. The van der Waals surface area contributed by atoms with Crippen molar-refractivity contribution in [2.24, 2.45) is 0 Å². The number of nitro groups is 1. The number of benzene rings is 2. The summed E-state index contributed by atoms with van der Waals surface area (Å²) in [6.45, 7) is 4.43. The largest absolute Gasteiger partial charge is 0.493 e. The van der Waals surface area contributed by atoms with Crippen molar-refractivity contribution in [3.05, 3.63) is 68.7 Å². The van der Waals surface area contributed by atoms with Crippen LogP contribution in [-0.4, -0.2) is 34.2 Å². The van der Waals surface area contributed by atoms with Crippen LogP contribution in [-0.2, 0) is 6.42 Å². The van der Waals surface area contributed by atoms with Gasteiger partial charge in [-0.25, -0.2) is 0 Å². The number of anilines is 1. The minimum atomic E-state index is -0.584. The zero-order valence-electron chi connectivity index (χ0n) is 16.5. The second kappa shape index (κ2) is 9.79. The zero-order valence-corrected chi connectivity index (χ0v) is 17.3. The number of aromatic nitrogens is 2. The number of ether oxygens (including phenoxy) is 2. The lowest BCUT2D eigenvalue weighted by Gasteiger charge is -2.06. The first-order valence-electron chi connectivity index (χ1n) is 9.20. The molecule has 1 heterocycles. The Morgan fingerprint density at radius 2 is 2.03 bits per heavy atom. The smallest absolute Gasteiger partial charge is 0.311 e. The van der Waals surface area contributed by atoms with E-state index in [0.29, 0.717) is 23.2 Å². The molecule has 2 aromatic carbocycles. The normalized spacial score (nSPS) is 10.5. The first kappa shape index (κ1) is 21.2. The van der Waals surface area contributed by atoms with Crippen LogP contribution in [0.3, 0.4) is 0 Å². The van der Waals surface area contributed by atoms with Crippen molar-refractivity contribution in [3.63, 3.8) is 0 Å². The zero-order chi connectivity index (χ0) is 21.5. The van der Waals surface area contributed by atoms with Crippen LogP contribution in [0.2, 0.25) is 0 Å². The number of nitro benzene ring substituents is 1. The van der Waals surface area contributed by atoms with Crippen LogP contribution >= 0.6 is 11.3 Å². The van der Waals surface area contributed by atoms with Gasteiger partial charge in [-0.2, -0.15) is 0 Å². The molecule has 0 atom stereocenters. The van der Waals surface area contributed by atoms with Gasteiger partial charge in [-0.1, -0.05) is 23.5 Å². The molecule has 0 saturated carbocycles. The maximum absolute atomic E-state index is 12.4. The van der Waals surface area contributed by atoms with E-state index in [2.05, 4.69) is 15.5 Å². The summed E-state index contributed by atoms with van der Waals surface area (Å²) in [7, 11) is 0. The number of aryl methyl sites for hydroxylation is 1. The van der Waals surface area contributed by atoms with Gasteiger partial charge >= 0.3 is 5.69 Å². The molecule has 0 aliphatic heterocycles. The fourth-order valence-electron chi connectivity index (χ4n) is 2.61. The van der Waals surface area contributed by atoms with E-state index in [-0.39, 0.29) is 23.6 Å². The quantitative estimate of drug-likeness (QED) is 0.404. The highest BCUT2D eigenvalue weighted by Gasteiger charge is 2.19. The number of hydrogen-bond donors (Lipinski definition) is 1. The van der Waals surface area contributed by atoms with E-state index in [0.717, 1.165) is 11.3 Å². The molecule has 0 unspecified atom stereocenters. The molecule has 0 spiro atoms. The highest BCUT2D eigenvalue weighted by atomic mass is 32.1. The van der Waals surface area contributed by atoms with E-state index >= 15 is 0 Å². The van der Waals surface area contributed by atoms with Crippen molar-refractivity contribution < 1.29 is 19.2 Å². The number of carbonyl (C=O) groups is 1. The van der Waals surface area contributed by atoms with Crippen LogP contribution in [0.1, 0.15) is 27.9 Å². The molecule has 156 valence electrons. The molecule has 1 aromatic heterocycles. The molecule has 10 heteroatoms. The number of nitrogens with one attached hydrogen (secondary N) is 1. The predicted octanol–water partition coefficient (Wildman–Crippen LogP) is 4.03. The van der Waals surface area contributed by atoms with Gasteiger partial charge in [0.25, 0.3) is 5.91 Å². The molecule has 0 radical (unpaired) electrons. The van der Waals surface area contributed by atoms with Crippen LogP contribution in [0, 0.1) is 17.0 Å². The van der Waals surface area contributed by atoms with Gasteiger partial charge in [-0.15, -0.1) is 10.2 Å². The minimum absolute atomic E-state index is 0.117. The summed E-state index contributed by atoms with van der Waals surface area (Å²) in [6, 6.07) is 11.8. The van der Waals surface area contributed by atoms with E-state index in [9.17, 15) is 14.9 Å². The molecule has 9 nitrogen and oxygen atoms in total. The Labute approximate surface area is 176 Å². The maximum atomic E-state index is 12.4. The van der Waals surface area contributed by atoms with Gasteiger partial charge in [0.2, 0.25) is 5.13 Å². The molecule has 1 amide bonds. The summed E-state index contributed by atoms with van der Waals surface area (Å²) in [5.74, 6) is 0.385. The Hall–Kier alpha value is -3.53. The average Bonchev–Trinajstić information content (AvgIpc) is 3.15. The second-order valence-corrected chi connectivity index (χ2v) is 7.30. The van der Waals surface area contributed by atoms with Crippen LogP contribution in [0.15, 0.2) is 42.5 Å². The molecule has 3 aromatic rings. The number of carbonyl (C=O) groups excluding carboxylic acids is 1. The molecule has 3 rings (SSSR count). The molecular weight excluding hydrogens is 408 g/mol. The van der Waals surface area contributed by atoms with Crippen molar-refractivity contribution in [3.8, 4) is 11.5 Å². The molecule has 0 bridgehead atoms. The van der Waals surface area contributed by atoms with Crippen molar-refractivity contribution >= 4 is 28.1 Å². The lowest BCUT2D eigenvalue weighted by molar-refractivity contribution is -0.385. The molecule has 30 heavy (non-hydrogen) atoms. The standard InChI is InChI=1S/C20H20N4O5S/c1-3-28-17-8-7-14(12-16(17)24(26)27)19(25)21-20-23-22-18(30-20)9-10-29-15-6-4-5-13(2)11-15/h4-8,11-12H,3,9-10H2,1-2H3,(H,21,23,25). The molecule has 0 aliphatic rings. The minimum Gasteiger partial charge on any atom is -0.493 e. The summed E-state index contributed by atoms with van der Waals surface area (Å²) < 4.78 is 10.9. The Bertz CT molecular complexity index is 1050. The van der Waals surface area contributed by atoms with E-state index < -0.39 is 10.8 Å². The number of amides is 1. The van der Waals surface area contributed by atoms with E-state index in [1.54, 1.807) is 6.92 Å². The highest BCUT2D eigenvalue weighted by Crippen LogP contribution is 2.28. The third-order valence-corrected chi connectivity index (χ3v) is 4.88. The molecule has 0 aliphatic carbocycles. The number of hydrogen-bond acceptors (Lipinski definition) is 8. The SMILES string of the molecule is CCOc1ccc(C(=O)Nc2nnc(CCOc3cccc(C)c3)s2)cc1[N+](=O)[O-]. The van der Waals surface area contributed by atoms with Crippen molar-refractivity contribution in [1.82, 2.24) is 10.2 Å². The summed E-state index contributed by atoms with van der Waals surface area (Å²) in [5.41, 5.74) is 0.975. The van der Waals surface area contributed by atoms with Crippen molar-refractivity contribution in [2.45, 2.75) is 20.3 Å². The summed E-state index contributed by atoms with van der Waals surface area (Å²) in [6.07, 6.45) is 0.538. The Balaban J connectivity index is 1.59. The van der Waals surface area contributed by atoms with Gasteiger partial charge in [0, 0.05) is 18.1 Å². The fraction of sp³-hybridized carbons (Fsp3) is 0.250. The van der Waals surface area contributed by atoms with E-state index in [1.165, 1.54) is 29.5 Å². The summed E-state index contributed by atoms with van der Waals surface area (Å²) >= 11 is 1.22. The van der Waals surface area contributed by atoms with Crippen LogP contribution < -0.4 is 14.8 Å². The van der Waals surface area contributed by atoms with E-state index in [1.807, 2.05) is 31.2 Å². The van der Waals surface area contributed by atoms with Crippen LogP contribution in [0.4, 0.5) is 10.8 Å². The summed E-state index contributed by atoms with van der Waals surface area (Å²) in [5, 5.41) is 22.8. The average molecular weight is 428 g/mol. The third-order valence-electron chi connectivity index (χ3n) is 3.98. The predicted molar refractivity (Wildman–Crippen MR) is 113 cm³/mol. The van der Waals surface area contributed by atoms with Gasteiger partial charge in [0.05, 0.1) is 18.1 Å². The monoisotopic (exact) mass is 428 g/mol. The van der Waals surface area contributed by atoms with Crippen LogP contribution in [0.5, 0.6) is 11.5 Å². The van der Waals surface area contributed by atoms with E-state index in [4.69, 9.17) is 9.47 Å². The van der Waals surface area contributed by atoms with Crippen LogP contribution in [0.25, 0.3) is 0 Å². The lowest BCUT2D eigenvalue weighted by Crippen LogP contribution is -2.12. The Morgan fingerprint density at radius 3 is 2.77 bits per heavy atom. The Morgan fingerprint density at radius 1 is 1.20 bits per heavy atom. The van der Waals surface area contributed by atoms with Gasteiger partial charge in [0.15, 0.2) is 5.75 Å². The topological polar surface area (TPSA) is 116 Å². The summed E-state index contributed by atoms with van der Waals surface area (Å²) in [4.78, 5) is 23.1. The first-order valence-corrected chi connectivity index (χ1v) is 10.0. The molecular formula is C20H20N4O5S. The van der Waals surface area contributed by atoms with Gasteiger partial charge in [-0.05, 0) is 43.7 Å². The molecule has 1 N–H and O–H groups in total. The number of nitrogens with zero attached hydrogens (tertiary/aromatic N) is 3. The van der Waals surface area contributed by atoms with Gasteiger partial charge in [-0.3, -0.25) is 20.2 Å². The van der Waals surface area contributed by atoms with Crippen molar-refractivity contribution in [1.29, 1.82) is 0 Å². The lowest BCUT2D eigenvalue weighted by atomic mass is 10.2. The van der Waals surface area contributed by atoms with Gasteiger partial charge in [0.1, 0.15) is 10.8 Å². The second-order valence-electron chi connectivity index (χ2n) is 6.24. The third kappa shape index (κ3) is 5.51. The Kier molecular flexibility index (Phi) is 6.91.